The minimum Gasteiger partial charge on any atom is -0.331 e. The quantitative estimate of drug-likeness (QED) is 0.740. The topological polar surface area (TPSA) is 54.5 Å². The average Bonchev–Trinajstić information content (AvgIpc) is 2.80. The van der Waals surface area contributed by atoms with E-state index in [0.717, 1.165) is 6.26 Å². The molecule has 90 valence electrons. The van der Waals surface area contributed by atoms with Gasteiger partial charge in [0.1, 0.15) is 0 Å². The molecule has 0 saturated carbocycles. The van der Waals surface area contributed by atoms with Crippen LogP contribution in [-0.2, 0) is 9.84 Å². The summed E-state index contributed by atoms with van der Waals surface area (Å²) in [5, 5.41) is 0. The van der Waals surface area contributed by atoms with Crippen LogP contribution in [0.3, 0.4) is 0 Å². The fourth-order valence-corrected chi connectivity index (χ4v) is 2.35. The Bertz CT molecular complexity index is 567. The van der Waals surface area contributed by atoms with Crippen LogP contribution in [0.4, 0.5) is 0 Å². The number of sulfone groups is 1. The number of benzene rings is 1. The Hall–Kier alpha value is -1.62. The predicted octanol–water partition coefficient (Wildman–Crippen LogP) is 1.10. The molecule has 1 aliphatic rings. The highest BCUT2D eigenvalue weighted by Gasteiger charge is 2.17. The van der Waals surface area contributed by atoms with Crippen molar-refractivity contribution in [1.82, 2.24) is 4.90 Å². The van der Waals surface area contributed by atoms with E-state index in [1.165, 1.54) is 12.1 Å². The van der Waals surface area contributed by atoms with Crippen LogP contribution in [0.25, 0.3) is 0 Å². The first-order chi connectivity index (χ1) is 7.98. The summed E-state index contributed by atoms with van der Waals surface area (Å²) < 4.78 is 22.8. The molecule has 1 aromatic carbocycles. The number of carbonyl (C=O) groups is 1. The van der Waals surface area contributed by atoms with Gasteiger partial charge >= 0.3 is 0 Å². The van der Waals surface area contributed by atoms with Crippen molar-refractivity contribution >= 4 is 15.7 Å². The normalized spacial score (nSPS) is 15.2. The zero-order chi connectivity index (χ0) is 12.5. The first-order valence-corrected chi connectivity index (χ1v) is 7.12. The van der Waals surface area contributed by atoms with Crippen LogP contribution < -0.4 is 0 Å². The van der Waals surface area contributed by atoms with Crippen molar-refractivity contribution in [2.75, 3.05) is 19.3 Å². The Morgan fingerprint density at radius 1 is 1.24 bits per heavy atom. The highest BCUT2D eigenvalue weighted by Crippen LogP contribution is 2.14. The first kappa shape index (κ1) is 11.9. The Morgan fingerprint density at radius 2 is 1.88 bits per heavy atom. The number of amides is 1. The lowest BCUT2D eigenvalue weighted by atomic mass is 10.2. The van der Waals surface area contributed by atoms with Gasteiger partial charge in [-0.3, -0.25) is 4.79 Å². The third kappa shape index (κ3) is 2.55. The van der Waals surface area contributed by atoms with Gasteiger partial charge in [0.15, 0.2) is 9.84 Å². The molecule has 0 saturated heterocycles. The smallest absolute Gasteiger partial charge is 0.254 e. The minimum atomic E-state index is -3.27. The van der Waals surface area contributed by atoms with E-state index in [-0.39, 0.29) is 10.8 Å². The summed E-state index contributed by atoms with van der Waals surface area (Å²) >= 11 is 0. The molecule has 0 aromatic heterocycles. The fourth-order valence-electron chi connectivity index (χ4n) is 1.69. The zero-order valence-electron chi connectivity index (χ0n) is 9.46. The van der Waals surface area contributed by atoms with E-state index in [2.05, 4.69) is 0 Å². The molecule has 0 bridgehead atoms. The largest absolute Gasteiger partial charge is 0.331 e. The third-order valence-corrected chi connectivity index (χ3v) is 3.72. The van der Waals surface area contributed by atoms with E-state index >= 15 is 0 Å². The Balaban J connectivity index is 2.30. The van der Waals surface area contributed by atoms with E-state index < -0.39 is 9.84 Å². The lowest BCUT2D eigenvalue weighted by Crippen LogP contribution is -2.28. The third-order valence-electron chi connectivity index (χ3n) is 2.61. The van der Waals surface area contributed by atoms with E-state index in [1.54, 1.807) is 17.0 Å². The van der Waals surface area contributed by atoms with Crippen LogP contribution >= 0.6 is 0 Å². The van der Waals surface area contributed by atoms with Gasteiger partial charge in [0, 0.05) is 24.9 Å². The first-order valence-electron chi connectivity index (χ1n) is 5.23. The maximum Gasteiger partial charge on any atom is 0.254 e. The molecule has 2 rings (SSSR count). The maximum absolute atomic E-state index is 12.0. The van der Waals surface area contributed by atoms with Gasteiger partial charge in [0.25, 0.3) is 5.91 Å². The summed E-state index contributed by atoms with van der Waals surface area (Å²) in [5.74, 6) is -0.138. The Labute approximate surface area is 100 Å². The molecule has 1 heterocycles. The molecule has 1 aliphatic heterocycles. The van der Waals surface area contributed by atoms with Gasteiger partial charge in [-0.1, -0.05) is 18.2 Å². The molecule has 5 heteroatoms. The lowest BCUT2D eigenvalue weighted by molar-refractivity contribution is 0.0800. The van der Waals surface area contributed by atoms with Crippen LogP contribution in [0.5, 0.6) is 0 Å². The molecule has 0 fully saturated rings. The van der Waals surface area contributed by atoms with E-state index in [0.29, 0.717) is 18.7 Å². The Kier molecular flexibility index (Phi) is 3.02. The molecule has 0 aliphatic carbocycles. The average molecular weight is 251 g/mol. The Morgan fingerprint density at radius 3 is 2.47 bits per heavy atom. The maximum atomic E-state index is 12.0. The van der Waals surface area contributed by atoms with Crippen molar-refractivity contribution in [2.24, 2.45) is 0 Å². The second-order valence-electron chi connectivity index (χ2n) is 3.98. The van der Waals surface area contributed by atoms with Gasteiger partial charge in [-0.05, 0) is 18.2 Å². The van der Waals surface area contributed by atoms with Crippen molar-refractivity contribution < 1.29 is 13.2 Å². The molecule has 0 unspecified atom stereocenters. The molecule has 1 aromatic rings. The monoisotopic (exact) mass is 251 g/mol. The van der Waals surface area contributed by atoms with Crippen LogP contribution in [0.15, 0.2) is 41.3 Å². The highest BCUT2D eigenvalue weighted by molar-refractivity contribution is 7.90. The molecule has 0 atom stereocenters. The number of rotatable bonds is 2. The summed E-state index contributed by atoms with van der Waals surface area (Å²) in [4.78, 5) is 13.8. The number of nitrogens with zero attached hydrogens (tertiary/aromatic N) is 1. The van der Waals surface area contributed by atoms with Crippen molar-refractivity contribution in [3.05, 3.63) is 42.0 Å². The molecular formula is C12H13NO3S. The van der Waals surface area contributed by atoms with Crippen molar-refractivity contribution in [3.8, 4) is 0 Å². The van der Waals surface area contributed by atoms with Crippen LogP contribution in [0.1, 0.15) is 10.4 Å². The fraction of sp³-hybridized carbons (Fsp3) is 0.250. The van der Waals surface area contributed by atoms with Crippen molar-refractivity contribution in [3.63, 3.8) is 0 Å². The van der Waals surface area contributed by atoms with Crippen molar-refractivity contribution in [2.45, 2.75) is 4.90 Å². The molecule has 0 radical (unpaired) electrons. The lowest BCUT2D eigenvalue weighted by Gasteiger charge is -2.15. The summed E-state index contributed by atoms with van der Waals surface area (Å²) in [7, 11) is -3.27. The molecular weight excluding hydrogens is 238 g/mol. The zero-order valence-corrected chi connectivity index (χ0v) is 10.3. The van der Waals surface area contributed by atoms with Crippen molar-refractivity contribution in [1.29, 1.82) is 0 Å². The van der Waals surface area contributed by atoms with Gasteiger partial charge in [-0.15, -0.1) is 0 Å². The number of carbonyl (C=O) groups excluding carboxylic acids is 1. The number of hydrogen-bond acceptors (Lipinski definition) is 3. The molecule has 1 amide bonds. The van der Waals surface area contributed by atoms with Crippen LogP contribution in [0, 0.1) is 0 Å². The summed E-state index contributed by atoms with van der Waals surface area (Å²) in [6.07, 6.45) is 4.96. The van der Waals surface area contributed by atoms with E-state index in [9.17, 15) is 13.2 Å². The SMILES string of the molecule is CS(=O)(=O)c1cccc(C(=O)N2CC=CC2)c1. The van der Waals surface area contributed by atoms with Gasteiger partial charge in [-0.2, -0.15) is 0 Å². The second-order valence-corrected chi connectivity index (χ2v) is 6.00. The van der Waals surface area contributed by atoms with E-state index in [4.69, 9.17) is 0 Å². The minimum absolute atomic E-state index is 0.138. The molecule has 17 heavy (non-hydrogen) atoms. The highest BCUT2D eigenvalue weighted by atomic mass is 32.2. The van der Waals surface area contributed by atoms with Crippen LogP contribution in [-0.4, -0.2) is 38.6 Å². The standard InChI is InChI=1S/C12H13NO3S/c1-17(15,16)11-6-4-5-10(9-11)12(14)13-7-2-3-8-13/h2-6,9H,7-8H2,1H3. The van der Waals surface area contributed by atoms with Gasteiger partial charge in [0.2, 0.25) is 0 Å². The summed E-state index contributed by atoms with van der Waals surface area (Å²) in [6.45, 7) is 1.17. The van der Waals surface area contributed by atoms with Gasteiger partial charge < -0.3 is 4.90 Å². The molecule has 0 N–H and O–H groups in total. The van der Waals surface area contributed by atoms with Gasteiger partial charge in [0.05, 0.1) is 4.90 Å². The van der Waals surface area contributed by atoms with Crippen LogP contribution in [0.2, 0.25) is 0 Å². The van der Waals surface area contributed by atoms with Gasteiger partial charge in [-0.25, -0.2) is 8.42 Å². The predicted molar refractivity (Wildman–Crippen MR) is 64.6 cm³/mol. The molecule has 0 spiro atoms. The van der Waals surface area contributed by atoms with E-state index in [1.807, 2.05) is 12.2 Å². The summed E-state index contributed by atoms with van der Waals surface area (Å²) in [5.41, 5.74) is 0.414. The molecule has 4 nitrogen and oxygen atoms in total. The second kappa shape index (κ2) is 4.33. The summed E-state index contributed by atoms with van der Waals surface area (Å²) in [6, 6.07) is 6.15. The number of hydrogen-bond donors (Lipinski definition) is 0.